The van der Waals surface area contributed by atoms with Crippen molar-refractivity contribution in [3.05, 3.63) is 0 Å². The molecule has 1 aliphatic heterocycles. The van der Waals surface area contributed by atoms with E-state index in [1.54, 1.807) is 0 Å². The molecule has 7 aliphatic carbocycles. The Kier molecular flexibility index (Phi) is 7.37. The van der Waals surface area contributed by atoms with Gasteiger partial charge in [-0.1, -0.05) is 39.5 Å². The summed E-state index contributed by atoms with van der Waals surface area (Å²) < 4.78 is 0. The zero-order valence-electron chi connectivity index (χ0n) is 26.5. The SMILES string of the molecule is CN1C(=O)CC[C@@]2(C)C1CC[C@@H]1[C@H]2CC[C@]2(C)C(CCCCCCC(C(=O)O)C34CC5CC(CC(C5)C3)C4)CC[C@@H]12. The van der Waals surface area contributed by atoms with Crippen LogP contribution in [0, 0.1) is 63.6 Å². The second kappa shape index (κ2) is 10.5. The van der Waals surface area contributed by atoms with Gasteiger partial charge in [0.1, 0.15) is 0 Å². The van der Waals surface area contributed by atoms with Gasteiger partial charge < -0.3 is 10.0 Å². The largest absolute Gasteiger partial charge is 0.481 e. The van der Waals surface area contributed by atoms with Crippen LogP contribution in [0.4, 0.5) is 0 Å². The van der Waals surface area contributed by atoms with Crippen molar-refractivity contribution in [3.8, 4) is 0 Å². The molecule has 0 spiro atoms. The molecule has 0 aromatic carbocycles. The van der Waals surface area contributed by atoms with Gasteiger partial charge in [-0.25, -0.2) is 0 Å². The topological polar surface area (TPSA) is 57.6 Å². The smallest absolute Gasteiger partial charge is 0.307 e. The third-order valence-electron chi connectivity index (χ3n) is 15.7. The number of fused-ring (bicyclic) bond motifs is 5. The van der Waals surface area contributed by atoms with Crippen LogP contribution < -0.4 is 0 Å². The Morgan fingerprint density at radius 1 is 0.854 bits per heavy atom. The van der Waals surface area contributed by atoms with Crippen LogP contribution >= 0.6 is 0 Å². The van der Waals surface area contributed by atoms with Gasteiger partial charge in [0.2, 0.25) is 5.91 Å². The second-order valence-electron chi connectivity index (χ2n) is 17.5. The maximum absolute atomic E-state index is 12.5. The fourth-order valence-corrected chi connectivity index (χ4v) is 14.1. The molecule has 1 N–H and O–H groups in total. The predicted molar refractivity (Wildman–Crippen MR) is 163 cm³/mol. The lowest BCUT2D eigenvalue weighted by molar-refractivity contribution is -0.159. The number of carboxylic acids is 1. The van der Waals surface area contributed by atoms with Crippen LogP contribution in [0.2, 0.25) is 0 Å². The molecule has 1 amide bonds. The molecule has 4 bridgehead atoms. The lowest BCUT2D eigenvalue weighted by atomic mass is 9.46. The molecule has 8 fully saturated rings. The molecule has 8 aliphatic rings. The van der Waals surface area contributed by atoms with Crippen molar-refractivity contribution in [2.24, 2.45) is 63.6 Å². The number of nitrogens with zero attached hydrogens (tertiary/aromatic N) is 1. The van der Waals surface area contributed by atoms with E-state index in [0.717, 1.165) is 67.1 Å². The molecule has 0 aromatic heterocycles. The van der Waals surface area contributed by atoms with E-state index in [0.29, 0.717) is 22.8 Å². The molecule has 3 unspecified atom stereocenters. The fraction of sp³-hybridized carbons (Fsp3) is 0.946. The van der Waals surface area contributed by atoms with Crippen LogP contribution in [0.25, 0.3) is 0 Å². The molecule has 41 heavy (non-hydrogen) atoms. The predicted octanol–water partition coefficient (Wildman–Crippen LogP) is 8.72. The maximum Gasteiger partial charge on any atom is 0.307 e. The quantitative estimate of drug-likeness (QED) is 0.284. The van der Waals surface area contributed by atoms with Crippen molar-refractivity contribution in [2.75, 3.05) is 7.05 Å². The number of piperidine rings is 1. The minimum absolute atomic E-state index is 0.0837. The number of rotatable bonds is 9. The number of carbonyl (C=O) groups is 2. The van der Waals surface area contributed by atoms with E-state index in [9.17, 15) is 14.7 Å². The summed E-state index contributed by atoms with van der Waals surface area (Å²) in [6.07, 6.45) is 25.2. The Morgan fingerprint density at radius 3 is 2.20 bits per heavy atom. The van der Waals surface area contributed by atoms with Crippen molar-refractivity contribution < 1.29 is 14.7 Å². The van der Waals surface area contributed by atoms with E-state index < -0.39 is 5.97 Å². The molecule has 8 rings (SSSR count). The van der Waals surface area contributed by atoms with E-state index in [1.165, 1.54) is 103 Å². The number of unbranched alkanes of at least 4 members (excludes halogenated alkanes) is 3. The van der Waals surface area contributed by atoms with Gasteiger partial charge in [0.05, 0.1) is 5.92 Å². The first-order valence-corrected chi connectivity index (χ1v) is 18.1. The first-order chi connectivity index (χ1) is 19.6. The van der Waals surface area contributed by atoms with Crippen molar-refractivity contribution in [2.45, 2.75) is 148 Å². The minimum Gasteiger partial charge on any atom is -0.481 e. The molecule has 4 heteroatoms. The summed E-state index contributed by atoms with van der Waals surface area (Å²) in [7, 11) is 2.08. The lowest BCUT2D eigenvalue weighted by Crippen LogP contribution is -2.61. The van der Waals surface area contributed by atoms with Crippen molar-refractivity contribution >= 4 is 11.9 Å². The van der Waals surface area contributed by atoms with Crippen LogP contribution in [0.15, 0.2) is 0 Å². The van der Waals surface area contributed by atoms with Crippen molar-refractivity contribution in [1.29, 1.82) is 0 Å². The summed E-state index contributed by atoms with van der Waals surface area (Å²) in [4.78, 5) is 27.1. The molecule has 0 aromatic rings. The standard InChI is InChI=1S/C37H59NO3/c1-35-16-14-30-28(11-13-32-36(30,2)17-15-33(39)38(32)3)29(35)12-10-27(35)8-6-4-5-7-9-31(34(40)41)37-21-24-18-25(22-37)20-26(19-24)23-37/h24-32H,4-23H2,1-3H3,(H,40,41)/t24?,25?,26?,27?,28-,29-,30+,31?,32?,35+,36+,37?/m0/s1. The molecular formula is C37H59NO3. The maximum atomic E-state index is 12.5. The molecule has 4 nitrogen and oxygen atoms in total. The molecule has 7 saturated carbocycles. The highest BCUT2D eigenvalue weighted by atomic mass is 16.4. The number of hydrogen-bond donors (Lipinski definition) is 1. The van der Waals surface area contributed by atoms with E-state index in [2.05, 4.69) is 25.8 Å². The Morgan fingerprint density at radius 2 is 1.51 bits per heavy atom. The van der Waals surface area contributed by atoms with Gasteiger partial charge in [0.25, 0.3) is 0 Å². The van der Waals surface area contributed by atoms with Crippen LogP contribution in [0.1, 0.15) is 142 Å². The molecular weight excluding hydrogens is 506 g/mol. The van der Waals surface area contributed by atoms with Gasteiger partial charge >= 0.3 is 5.97 Å². The average Bonchev–Trinajstić information content (AvgIpc) is 3.25. The Labute approximate surface area is 250 Å². The Bertz CT molecular complexity index is 986. The summed E-state index contributed by atoms with van der Waals surface area (Å²) in [5.41, 5.74) is 0.994. The van der Waals surface area contributed by atoms with Gasteiger partial charge in [-0.05, 0) is 154 Å². The highest BCUT2D eigenvalue weighted by Gasteiger charge is 2.61. The highest BCUT2D eigenvalue weighted by molar-refractivity contribution is 5.77. The number of aliphatic carboxylic acids is 1. The molecule has 8 atom stereocenters. The monoisotopic (exact) mass is 565 g/mol. The van der Waals surface area contributed by atoms with E-state index in [-0.39, 0.29) is 11.3 Å². The number of amides is 1. The van der Waals surface area contributed by atoms with Crippen LogP contribution in [-0.2, 0) is 9.59 Å². The fourth-order valence-electron chi connectivity index (χ4n) is 14.1. The number of hydrogen-bond acceptors (Lipinski definition) is 2. The molecule has 1 heterocycles. The van der Waals surface area contributed by atoms with Crippen LogP contribution in [0.3, 0.4) is 0 Å². The van der Waals surface area contributed by atoms with Gasteiger partial charge in [0.15, 0.2) is 0 Å². The summed E-state index contributed by atoms with van der Waals surface area (Å²) in [5, 5.41) is 10.3. The highest BCUT2D eigenvalue weighted by Crippen LogP contribution is 2.67. The van der Waals surface area contributed by atoms with Gasteiger partial charge in [0, 0.05) is 19.5 Å². The lowest BCUT2D eigenvalue weighted by Gasteiger charge is -2.62. The first-order valence-electron chi connectivity index (χ1n) is 18.1. The average molecular weight is 566 g/mol. The molecule has 230 valence electrons. The summed E-state index contributed by atoms with van der Waals surface area (Å²) in [5.74, 6) is 5.77. The van der Waals surface area contributed by atoms with Crippen molar-refractivity contribution in [3.63, 3.8) is 0 Å². The summed E-state index contributed by atoms with van der Waals surface area (Å²) in [6.45, 7) is 5.21. The number of carboxylic acid groups (broad SMARTS) is 1. The number of likely N-dealkylation sites (tertiary alicyclic amines) is 1. The third kappa shape index (κ3) is 4.65. The minimum atomic E-state index is -0.484. The Hall–Kier alpha value is -1.06. The van der Waals surface area contributed by atoms with Crippen LogP contribution in [0.5, 0.6) is 0 Å². The molecule has 1 saturated heterocycles. The zero-order valence-corrected chi connectivity index (χ0v) is 26.5. The van der Waals surface area contributed by atoms with Crippen molar-refractivity contribution in [1.82, 2.24) is 4.90 Å². The van der Waals surface area contributed by atoms with Crippen LogP contribution in [-0.4, -0.2) is 35.0 Å². The second-order valence-corrected chi connectivity index (χ2v) is 17.5. The summed E-state index contributed by atoms with van der Waals surface area (Å²) >= 11 is 0. The first kappa shape index (κ1) is 28.7. The van der Waals surface area contributed by atoms with E-state index in [4.69, 9.17) is 0 Å². The zero-order chi connectivity index (χ0) is 28.6. The van der Waals surface area contributed by atoms with Gasteiger partial charge in [-0.2, -0.15) is 0 Å². The van der Waals surface area contributed by atoms with E-state index in [1.807, 2.05) is 0 Å². The Balaban J connectivity index is 0.898. The normalized spacial score (nSPS) is 49.0. The number of carbonyl (C=O) groups excluding carboxylic acids is 1. The van der Waals surface area contributed by atoms with Gasteiger partial charge in [-0.3, -0.25) is 9.59 Å². The summed E-state index contributed by atoms with van der Waals surface area (Å²) in [6, 6.07) is 0.468. The molecule has 0 radical (unpaired) electrons. The van der Waals surface area contributed by atoms with E-state index >= 15 is 0 Å². The van der Waals surface area contributed by atoms with Gasteiger partial charge in [-0.15, -0.1) is 0 Å². The third-order valence-corrected chi connectivity index (χ3v) is 15.7.